The summed E-state index contributed by atoms with van der Waals surface area (Å²) >= 11 is 0. The van der Waals surface area contributed by atoms with Crippen molar-refractivity contribution in [2.45, 2.75) is 132 Å². The standard InChI is InChI=1S/C35H59N3O3/c1-20(2)28-36-19-31(7)23-12-13-24-32(8)16-22(41-29(40)30(4,5)6)27(21(3)38(10)11)33(32,9)17-26(39)35(24)18-34(23,35)15-14-25(31)37-28/h20-25,27-28,36-37H,12-19H2,1-11H3/t21-,22+,23-,24-,25-,27-,28?,31-,32-,33+,34?,35-/m0/s1. The maximum Gasteiger partial charge on any atom is 0.311 e. The topological polar surface area (TPSA) is 70.7 Å². The van der Waals surface area contributed by atoms with E-state index >= 15 is 0 Å². The van der Waals surface area contributed by atoms with Gasteiger partial charge in [0.2, 0.25) is 0 Å². The number of nitrogens with one attached hydrogen (secondary N) is 2. The third kappa shape index (κ3) is 3.71. The predicted molar refractivity (Wildman–Crippen MR) is 163 cm³/mol. The molecular formula is C35H59N3O3. The molecule has 6 fully saturated rings. The Hall–Kier alpha value is -0.980. The average molecular weight is 570 g/mol. The lowest BCUT2D eigenvalue weighted by Crippen LogP contribution is -2.70. The van der Waals surface area contributed by atoms with Gasteiger partial charge in [-0.3, -0.25) is 14.9 Å². The Morgan fingerprint density at radius 3 is 2.29 bits per heavy atom. The largest absolute Gasteiger partial charge is 0.462 e. The minimum atomic E-state index is -0.540. The van der Waals surface area contributed by atoms with E-state index in [0.717, 1.165) is 25.8 Å². The molecule has 0 bridgehead atoms. The van der Waals surface area contributed by atoms with Crippen LogP contribution in [-0.2, 0) is 14.3 Å². The molecule has 12 atom stereocenters. The number of rotatable bonds is 4. The van der Waals surface area contributed by atoms with Gasteiger partial charge in [0.15, 0.2) is 0 Å². The molecule has 41 heavy (non-hydrogen) atoms. The monoisotopic (exact) mass is 569 g/mol. The summed E-state index contributed by atoms with van der Waals surface area (Å²) in [4.78, 5) is 30.4. The fourth-order valence-corrected chi connectivity index (χ4v) is 12.1. The normalized spacial score (nSPS) is 51.3. The summed E-state index contributed by atoms with van der Waals surface area (Å²) in [7, 11) is 4.27. The van der Waals surface area contributed by atoms with Crippen LogP contribution in [-0.4, -0.2) is 61.6 Å². The molecule has 2 N–H and O–H groups in total. The summed E-state index contributed by atoms with van der Waals surface area (Å²) in [6.07, 6.45) is 7.54. The van der Waals surface area contributed by atoms with Crippen LogP contribution in [0.4, 0.5) is 0 Å². The molecule has 6 nitrogen and oxygen atoms in total. The Morgan fingerprint density at radius 1 is 1.02 bits per heavy atom. The summed E-state index contributed by atoms with van der Waals surface area (Å²) in [6, 6.07) is 0.743. The van der Waals surface area contributed by atoms with E-state index < -0.39 is 5.41 Å². The molecule has 0 radical (unpaired) electrons. The van der Waals surface area contributed by atoms with Gasteiger partial charge in [-0.05, 0) is 120 Å². The van der Waals surface area contributed by atoms with Crippen LogP contribution in [0.5, 0.6) is 0 Å². The Kier molecular flexibility index (Phi) is 6.62. The molecule has 5 saturated carbocycles. The van der Waals surface area contributed by atoms with Gasteiger partial charge in [-0.1, -0.05) is 34.6 Å². The van der Waals surface area contributed by atoms with E-state index in [1.54, 1.807) is 0 Å². The highest BCUT2D eigenvalue weighted by Crippen LogP contribution is 2.88. The number of ether oxygens (including phenoxy) is 1. The number of nitrogens with zero attached hydrogens (tertiary/aromatic N) is 1. The lowest BCUT2D eigenvalue weighted by molar-refractivity contribution is -0.172. The highest BCUT2D eigenvalue weighted by molar-refractivity contribution is 5.92. The first-order valence-corrected chi connectivity index (χ1v) is 16.8. The minimum absolute atomic E-state index is 0.0310. The summed E-state index contributed by atoms with van der Waals surface area (Å²) in [5.41, 5.74) is -0.606. The lowest BCUT2D eigenvalue weighted by Gasteiger charge is -2.64. The van der Waals surface area contributed by atoms with Gasteiger partial charge in [0.25, 0.3) is 0 Å². The summed E-state index contributed by atoms with van der Waals surface area (Å²) in [5.74, 6) is 2.10. The van der Waals surface area contributed by atoms with E-state index in [9.17, 15) is 9.59 Å². The van der Waals surface area contributed by atoms with E-state index in [0.29, 0.717) is 42.2 Å². The minimum Gasteiger partial charge on any atom is -0.462 e. The maximum absolute atomic E-state index is 14.8. The molecule has 5 aliphatic carbocycles. The van der Waals surface area contributed by atoms with Crippen molar-refractivity contribution in [3.05, 3.63) is 0 Å². The maximum atomic E-state index is 14.8. The molecule has 1 saturated heterocycles. The van der Waals surface area contributed by atoms with Crippen molar-refractivity contribution in [1.29, 1.82) is 0 Å². The summed E-state index contributed by atoms with van der Waals surface area (Å²) in [5, 5.41) is 7.89. The van der Waals surface area contributed by atoms with Gasteiger partial charge in [-0.25, -0.2) is 0 Å². The van der Waals surface area contributed by atoms with Crippen molar-refractivity contribution >= 4 is 11.8 Å². The van der Waals surface area contributed by atoms with Gasteiger partial charge >= 0.3 is 5.97 Å². The Bertz CT molecular complexity index is 1110. The number of hydrogen-bond donors (Lipinski definition) is 2. The summed E-state index contributed by atoms with van der Waals surface area (Å²) in [6.45, 7) is 21.2. The van der Waals surface area contributed by atoms with Crippen molar-refractivity contribution in [1.82, 2.24) is 15.5 Å². The van der Waals surface area contributed by atoms with Crippen molar-refractivity contribution < 1.29 is 14.3 Å². The molecule has 0 aromatic rings. The number of hydrogen-bond acceptors (Lipinski definition) is 6. The zero-order valence-electron chi connectivity index (χ0n) is 27.9. The van der Waals surface area contributed by atoms with E-state index in [1.165, 1.54) is 19.3 Å². The molecule has 2 spiro atoms. The van der Waals surface area contributed by atoms with Crippen LogP contribution in [0.3, 0.4) is 0 Å². The highest BCUT2D eigenvalue weighted by atomic mass is 16.5. The third-order valence-corrected chi connectivity index (χ3v) is 14.7. The van der Waals surface area contributed by atoms with Crippen LogP contribution in [0.1, 0.15) is 107 Å². The number of carbonyl (C=O) groups is 2. The van der Waals surface area contributed by atoms with E-state index in [-0.39, 0.29) is 51.1 Å². The predicted octanol–water partition coefficient (Wildman–Crippen LogP) is 5.65. The molecule has 1 aliphatic heterocycles. The molecule has 1 heterocycles. The highest BCUT2D eigenvalue weighted by Gasteiger charge is 2.86. The average Bonchev–Trinajstić information content (AvgIpc) is 3.50. The molecule has 0 aromatic carbocycles. The molecule has 232 valence electrons. The van der Waals surface area contributed by atoms with Crippen molar-refractivity contribution in [3.8, 4) is 0 Å². The van der Waals surface area contributed by atoms with Crippen molar-refractivity contribution in [2.24, 2.45) is 56.2 Å². The molecule has 6 rings (SSSR count). The van der Waals surface area contributed by atoms with Crippen LogP contribution in [0.15, 0.2) is 0 Å². The van der Waals surface area contributed by atoms with E-state index in [2.05, 4.69) is 71.2 Å². The number of carbonyl (C=O) groups excluding carboxylic acids is 2. The zero-order chi connectivity index (χ0) is 30.1. The molecular weight excluding hydrogens is 510 g/mol. The molecule has 6 aliphatic rings. The second kappa shape index (κ2) is 9.03. The Labute approximate surface area is 249 Å². The van der Waals surface area contributed by atoms with E-state index in [4.69, 9.17) is 4.74 Å². The van der Waals surface area contributed by atoms with Gasteiger partial charge in [0, 0.05) is 36.4 Å². The second-order valence-electron chi connectivity index (χ2n) is 17.9. The zero-order valence-corrected chi connectivity index (χ0v) is 27.9. The van der Waals surface area contributed by atoms with Crippen LogP contribution in [0, 0.1) is 56.2 Å². The van der Waals surface area contributed by atoms with Crippen LogP contribution >= 0.6 is 0 Å². The molecule has 2 unspecified atom stereocenters. The van der Waals surface area contributed by atoms with Crippen molar-refractivity contribution in [3.63, 3.8) is 0 Å². The molecule has 6 heteroatoms. The first-order chi connectivity index (χ1) is 18.9. The van der Waals surface area contributed by atoms with Crippen LogP contribution in [0.2, 0.25) is 0 Å². The number of Topliss-reactive ketones (excluding diaryl/α,β-unsaturated/α-hetero) is 1. The first kappa shape index (κ1) is 30.1. The van der Waals surface area contributed by atoms with Gasteiger partial charge in [-0.2, -0.15) is 0 Å². The summed E-state index contributed by atoms with van der Waals surface area (Å²) < 4.78 is 6.47. The number of ketones is 1. The fraction of sp³-hybridized carbons (Fsp3) is 0.943. The Morgan fingerprint density at radius 2 is 1.68 bits per heavy atom. The first-order valence-electron chi connectivity index (χ1n) is 16.8. The van der Waals surface area contributed by atoms with Crippen molar-refractivity contribution in [2.75, 3.05) is 20.6 Å². The van der Waals surface area contributed by atoms with E-state index in [1.807, 2.05) is 20.8 Å². The smallest absolute Gasteiger partial charge is 0.311 e. The number of fused-ring (bicyclic) bond motifs is 4. The number of esters is 1. The lowest BCUT2D eigenvalue weighted by atomic mass is 9.41. The fourth-order valence-electron chi connectivity index (χ4n) is 12.1. The SMILES string of the molecule is CC(C)C1NC[C@]2(C)[C@H](CCC34C[C@]35C(=O)C[C@]3(C)[C@@H]([C@H](C)N(C)C)[C@H](OC(=O)C(C)(C)C)C[C@@]3(C)[C@@H]5CC[C@H]42)N1. The Balaban J connectivity index is 1.36. The van der Waals surface area contributed by atoms with Gasteiger partial charge < -0.3 is 15.0 Å². The quantitative estimate of drug-likeness (QED) is 0.427. The van der Waals surface area contributed by atoms with Gasteiger partial charge in [-0.15, -0.1) is 0 Å². The second-order valence-corrected chi connectivity index (χ2v) is 17.9. The molecule has 0 amide bonds. The third-order valence-electron chi connectivity index (χ3n) is 14.7. The van der Waals surface area contributed by atoms with Gasteiger partial charge in [0.05, 0.1) is 11.6 Å². The van der Waals surface area contributed by atoms with Gasteiger partial charge in [0.1, 0.15) is 11.9 Å². The molecule has 0 aromatic heterocycles. The van der Waals surface area contributed by atoms with Crippen LogP contribution in [0.25, 0.3) is 0 Å². The van der Waals surface area contributed by atoms with Crippen LogP contribution < -0.4 is 10.6 Å².